The van der Waals surface area contributed by atoms with E-state index in [-0.39, 0.29) is 23.7 Å². The second-order valence-electron chi connectivity index (χ2n) is 5.79. The number of rotatable bonds is 8. The van der Waals surface area contributed by atoms with Gasteiger partial charge in [0.1, 0.15) is 0 Å². The summed E-state index contributed by atoms with van der Waals surface area (Å²) in [5.74, 6) is 0.167. The van der Waals surface area contributed by atoms with Crippen LogP contribution in [0.2, 0.25) is 0 Å². The van der Waals surface area contributed by atoms with E-state index in [1.54, 1.807) is 7.11 Å². The first kappa shape index (κ1) is 20.4. The predicted octanol–water partition coefficient (Wildman–Crippen LogP) is 3.03. The van der Waals surface area contributed by atoms with Crippen LogP contribution in [0.25, 0.3) is 0 Å². The number of carbonyl (C=O) groups is 1. The molecule has 0 aliphatic heterocycles. The van der Waals surface area contributed by atoms with Crippen LogP contribution in [-0.2, 0) is 14.9 Å². The lowest BCUT2D eigenvalue weighted by Crippen LogP contribution is -2.44. The largest absolute Gasteiger partial charge is 0.383 e. The Morgan fingerprint density at radius 3 is 2.43 bits per heavy atom. The van der Waals surface area contributed by atoms with E-state index in [0.717, 1.165) is 48.8 Å². The maximum absolute atomic E-state index is 12.8. The van der Waals surface area contributed by atoms with E-state index in [1.807, 2.05) is 12.1 Å². The fourth-order valence-corrected chi connectivity index (χ4v) is 3.39. The second kappa shape index (κ2) is 10.3. The molecule has 0 bridgehead atoms. The fourth-order valence-electron chi connectivity index (χ4n) is 3.13. The van der Waals surface area contributed by atoms with Crippen molar-refractivity contribution in [1.82, 2.24) is 10.6 Å². The minimum atomic E-state index is -0.340. The number of nitrogens with one attached hydrogen (secondary N) is 2. The zero-order chi connectivity index (χ0) is 15.8. The zero-order valence-corrected chi connectivity index (χ0v) is 16.0. The SMILES string of the molecule is COCCNCCNC(=O)C1(c2ccc(Br)cc2)CCCC1.Cl. The highest BCUT2D eigenvalue weighted by Crippen LogP contribution is 2.41. The van der Waals surface area contributed by atoms with E-state index < -0.39 is 0 Å². The van der Waals surface area contributed by atoms with Crippen molar-refractivity contribution in [3.8, 4) is 0 Å². The van der Waals surface area contributed by atoms with Gasteiger partial charge in [-0.1, -0.05) is 40.9 Å². The molecule has 1 aliphatic carbocycles. The molecule has 0 saturated heterocycles. The van der Waals surface area contributed by atoms with Gasteiger partial charge in [0, 0.05) is 31.2 Å². The third-order valence-electron chi connectivity index (χ3n) is 4.36. The second-order valence-corrected chi connectivity index (χ2v) is 6.71. The fraction of sp³-hybridized carbons (Fsp3) is 0.588. The first-order chi connectivity index (χ1) is 10.7. The number of hydrogen-bond acceptors (Lipinski definition) is 3. The first-order valence-electron chi connectivity index (χ1n) is 7.93. The van der Waals surface area contributed by atoms with E-state index in [9.17, 15) is 4.79 Å². The maximum atomic E-state index is 12.8. The minimum absolute atomic E-state index is 0. The van der Waals surface area contributed by atoms with Crippen LogP contribution in [0.3, 0.4) is 0 Å². The Morgan fingerprint density at radius 1 is 1.17 bits per heavy atom. The van der Waals surface area contributed by atoms with Crippen LogP contribution in [0, 0.1) is 0 Å². The maximum Gasteiger partial charge on any atom is 0.230 e. The van der Waals surface area contributed by atoms with Crippen LogP contribution in [0.4, 0.5) is 0 Å². The molecule has 0 unspecified atom stereocenters. The van der Waals surface area contributed by atoms with Crippen LogP contribution in [0.1, 0.15) is 31.2 Å². The van der Waals surface area contributed by atoms with Gasteiger partial charge >= 0.3 is 0 Å². The van der Waals surface area contributed by atoms with Gasteiger partial charge in [-0.25, -0.2) is 0 Å². The van der Waals surface area contributed by atoms with Gasteiger partial charge in [0.05, 0.1) is 12.0 Å². The first-order valence-corrected chi connectivity index (χ1v) is 8.72. The summed E-state index contributed by atoms with van der Waals surface area (Å²) in [5.41, 5.74) is 0.797. The highest BCUT2D eigenvalue weighted by molar-refractivity contribution is 9.10. The van der Waals surface area contributed by atoms with Crippen LogP contribution in [0.15, 0.2) is 28.7 Å². The van der Waals surface area contributed by atoms with Gasteiger partial charge in [0.25, 0.3) is 0 Å². The topological polar surface area (TPSA) is 50.4 Å². The summed E-state index contributed by atoms with van der Waals surface area (Å²) >= 11 is 3.46. The summed E-state index contributed by atoms with van der Waals surface area (Å²) in [7, 11) is 1.69. The van der Waals surface area contributed by atoms with Gasteiger partial charge in [-0.05, 0) is 30.5 Å². The lowest BCUT2D eigenvalue weighted by atomic mass is 9.78. The van der Waals surface area contributed by atoms with E-state index in [0.29, 0.717) is 13.2 Å². The molecule has 1 aromatic carbocycles. The smallest absolute Gasteiger partial charge is 0.230 e. The lowest BCUT2D eigenvalue weighted by molar-refractivity contribution is -0.126. The van der Waals surface area contributed by atoms with Crippen molar-refractivity contribution in [3.63, 3.8) is 0 Å². The van der Waals surface area contributed by atoms with Crippen molar-refractivity contribution in [2.75, 3.05) is 33.4 Å². The Labute approximate surface area is 153 Å². The number of ether oxygens (including phenoxy) is 1. The molecule has 0 spiro atoms. The summed E-state index contributed by atoms with van der Waals surface area (Å²) < 4.78 is 6.03. The lowest BCUT2D eigenvalue weighted by Gasteiger charge is -2.28. The van der Waals surface area contributed by atoms with E-state index in [4.69, 9.17) is 4.74 Å². The standard InChI is InChI=1S/C17H25BrN2O2.ClH/c1-22-13-12-19-10-11-20-16(21)17(8-2-3-9-17)14-4-6-15(18)7-5-14;/h4-7,19H,2-3,8-13H2,1H3,(H,20,21);1H. The molecular weight excluding hydrogens is 380 g/mol. The normalized spacial score (nSPS) is 15.9. The Morgan fingerprint density at radius 2 is 1.83 bits per heavy atom. The van der Waals surface area contributed by atoms with Gasteiger partial charge < -0.3 is 15.4 Å². The monoisotopic (exact) mass is 404 g/mol. The van der Waals surface area contributed by atoms with Crippen LogP contribution in [-0.4, -0.2) is 39.3 Å². The zero-order valence-electron chi connectivity index (χ0n) is 13.6. The van der Waals surface area contributed by atoms with Crippen molar-refractivity contribution in [3.05, 3.63) is 34.3 Å². The van der Waals surface area contributed by atoms with Gasteiger partial charge in [-0.2, -0.15) is 0 Å². The number of hydrogen-bond donors (Lipinski definition) is 2. The predicted molar refractivity (Wildman–Crippen MR) is 99.3 cm³/mol. The molecule has 0 radical (unpaired) electrons. The molecule has 23 heavy (non-hydrogen) atoms. The third kappa shape index (κ3) is 5.45. The molecule has 1 aromatic rings. The molecule has 0 aromatic heterocycles. The molecule has 4 nitrogen and oxygen atoms in total. The Balaban J connectivity index is 0.00000264. The molecule has 1 aliphatic rings. The van der Waals surface area contributed by atoms with Crippen LogP contribution in [0.5, 0.6) is 0 Å². The van der Waals surface area contributed by atoms with Gasteiger partial charge in [-0.15, -0.1) is 12.4 Å². The summed E-state index contributed by atoms with van der Waals surface area (Å²) in [6, 6.07) is 8.20. The minimum Gasteiger partial charge on any atom is -0.383 e. The number of halogens is 2. The molecule has 2 N–H and O–H groups in total. The molecule has 1 saturated carbocycles. The Bertz CT molecular complexity index is 476. The number of methoxy groups -OCH3 is 1. The molecule has 130 valence electrons. The van der Waals surface area contributed by atoms with Crippen molar-refractivity contribution in [1.29, 1.82) is 0 Å². The highest BCUT2D eigenvalue weighted by atomic mass is 79.9. The summed E-state index contributed by atoms with van der Waals surface area (Å²) in [6.45, 7) is 2.92. The van der Waals surface area contributed by atoms with Gasteiger partial charge in [0.2, 0.25) is 5.91 Å². The molecule has 0 atom stereocenters. The molecule has 1 amide bonds. The van der Waals surface area contributed by atoms with E-state index in [1.165, 1.54) is 0 Å². The van der Waals surface area contributed by atoms with Crippen molar-refractivity contribution in [2.24, 2.45) is 0 Å². The van der Waals surface area contributed by atoms with Crippen LogP contribution < -0.4 is 10.6 Å². The Kier molecular flexibility index (Phi) is 9.14. The number of benzene rings is 1. The molecule has 1 fully saturated rings. The summed E-state index contributed by atoms with van der Waals surface area (Å²) in [4.78, 5) is 12.8. The van der Waals surface area contributed by atoms with E-state index in [2.05, 4.69) is 38.7 Å². The quantitative estimate of drug-likeness (QED) is 0.654. The molecule has 6 heteroatoms. The third-order valence-corrected chi connectivity index (χ3v) is 4.89. The Hall–Kier alpha value is -0.620. The summed E-state index contributed by atoms with van der Waals surface area (Å²) in [5, 5.41) is 6.35. The van der Waals surface area contributed by atoms with Gasteiger partial charge in [0.15, 0.2) is 0 Å². The molecule has 2 rings (SSSR count). The highest BCUT2D eigenvalue weighted by Gasteiger charge is 2.42. The average molecular weight is 406 g/mol. The number of amides is 1. The van der Waals surface area contributed by atoms with E-state index >= 15 is 0 Å². The molecule has 0 heterocycles. The summed E-state index contributed by atoms with van der Waals surface area (Å²) in [6.07, 6.45) is 4.13. The average Bonchev–Trinajstić information content (AvgIpc) is 3.02. The van der Waals surface area contributed by atoms with Crippen molar-refractivity contribution in [2.45, 2.75) is 31.1 Å². The van der Waals surface area contributed by atoms with Crippen LogP contribution >= 0.6 is 28.3 Å². The van der Waals surface area contributed by atoms with Crippen molar-refractivity contribution >= 4 is 34.2 Å². The van der Waals surface area contributed by atoms with Crippen molar-refractivity contribution < 1.29 is 9.53 Å². The van der Waals surface area contributed by atoms with Gasteiger partial charge in [-0.3, -0.25) is 4.79 Å². The molecular formula is C17H26BrClN2O2. The number of carbonyl (C=O) groups excluding carboxylic acids is 1.